The topological polar surface area (TPSA) is 54.6 Å². The van der Waals surface area contributed by atoms with E-state index in [1.54, 1.807) is 12.1 Å². The fourth-order valence-corrected chi connectivity index (χ4v) is 5.58. The van der Waals surface area contributed by atoms with Crippen molar-refractivity contribution in [2.45, 2.75) is 104 Å². The highest BCUT2D eigenvalue weighted by atomic mass is 32.2. The molecule has 0 saturated carbocycles. The molecule has 0 amide bonds. The highest BCUT2D eigenvalue weighted by molar-refractivity contribution is 7.95. The third-order valence-electron chi connectivity index (χ3n) is 6.48. The zero-order valence-electron chi connectivity index (χ0n) is 21.2. The molecule has 30 heavy (non-hydrogen) atoms. The minimum Gasteiger partial charge on any atom is -0.303 e. The first-order valence-electron chi connectivity index (χ1n) is 12.5. The number of rotatable bonds is 2. The Bertz CT molecular complexity index is 393. The number of piperidine rings is 2. The standard InChI is InChI=1S/C10H21N3.C9H19N3S.2C2H6/c1-9(2)13-5-3-4-10(7-13)6-11-8-12-10;1-8(2)12-5-3-4-9(7-12)6-10-13-11-9;2*1-2/h9,11-12H,3-8H2,1-2H3;8,10-11H,3-7H2,1-2H3;2*1-2H3. The third kappa shape index (κ3) is 8.23. The fraction of sp³-hybridized carbons (Fsp3) is 1.00. The van der Waals surface area contributed by atoms with Gasteiger partial charge in [-0.3, -0.25) is 15.1 Å². The molecule has 0 aromatic rings. The molecule has 4 N–H and O–H groups in total. The lowest BCUT2D eigenvalue weighted by atomic mass is 9.89. The first-order chi connectivity index (χ1) is 14.4. The monoisotopic (exact) mass is 444 g/mol. The smallest absolute Gasteiger partial charge is 0.0556 e. The molecule has 2 spiro atoms. The summed E-state index contributed by atoms with van der Waals surface area (Å²) in [6.07, 6.45) is 5.32. The summed E-state index contributed by atoms with van der Waals surface area (Å²) < 4.78 is 6.84. The Labute approximate surface area is 192 Å². The Morgan fingerprint density at radius 2 is 1.30 bits per heavy atom. The zero-order valence-corrected chi connectivity index (χ0v) is 22.1. The summed E-state index contributed by atoms with van der Waals surface area (Å²) in [4.78, 5) is 5.16. The van der Waals surface area contributed by atoms with E-state index in [0.717, 1.165) is 19.8 Å². The minimum absolute atomic E-state index is 0.354. The lowest BCUT2D eigenvalue weighted by Gasteiger charge is -2.42. The van der Waals surface area contributed by atoms with Gasteiger partial charge in [-0.15, -0.1) is 0 Å². The summed E-state index contributed by atoms with van der Waals surface area (Å²) in [6.45, 7) is 25.4. The van der Waals surface area contributed by atoms with Gasteiger partial charge in [-0.25, -0.2) is 9.44 Å². The highest BCUT2D eigenvalue weighted by Gasteiger charge is 2.39. The van der Waals surface area contributed by atoms with Crippen molar-refractivity contribution in [2.75, 3.05) is 45.9 Å². The number of nitrogens with one attached hydrogen (secondary N) is 4. The molecule has 0 aromatic carbocycles. The van der Waals surface area contributed by atoms with Crippen LogP contribution in [0.15, 0.2) is 0 Å². The second kappa shape index (κ2) is 14.3. The van der Waals surface area contributed by atoms with Gasteiger partial charge in [0, 0.05) is 62.6 Å². The van der Waals surface area contributed by atoms with Crippen LogP contribution in [0.1, 0.15) is 81.1 Å². The molecule has 2 atom stereocenters. The van der Waals surface area contributed by atoms with Crippen LogP contribution in [0.2, 0.25) is 0 Å². The van der Waals surface area contributed by atoms with Crippen LogP contribution in [0.5, 0.6) is 0 Å². The zero-order chi connectivity index (χ0) is 22.6. The second-order valence-corrected chi connectivity index (χ2v) is 9.90. The van der Waals surface area contributed by atoms with Gasteiger partial charge in [-0.1, -0.05) is 27.7 Å². The largest absolute Gasteiger partial charge is 0.303 e. The minimum atomic E-state index is 0.354. The number of nitrogens with zero attached hydrogens (tertiary/aromatic N) is 2. The Balaban J connectivity index is 0.000000258. The molecule has 4 aliphatic rings. The molecule has 0 radical (unpaired) electrons. The maximum Gasteiger partial charge on any atom is 0.0556 e. The van der Waals surface area contributed by atoms with Crippen LogP contribution >= 0.6 is 12.1 Å². The number of hydrogen-bond acceptors (Lipinski definition) is 7. The van der Waals surface area contributed by atoms with Crippen molar-refractivity contribution in [3.8, 4) is 0 Å². The Kier molecular flexibility index (Phi) is 13.4. The SMILES string of the molecule is CC.CC.CC(C)N1CCCC2(CNCN2)C1.CC(C)N1CCCC2(CNSN2)C1. The van der Waals surface area contributed by atoms with Crippen molar-refractivity contribution >= 4 is 12.1 Å². The van der Waals surface area contributed by atoms with Crippen LogP contribution in [-0.2, 0) is 0 Å². The lowest BCUT2D eigenvalue weighted by molar-refractivity contribution is 0.114. The molecular formula is C23H52N6S. The molecule has 0 aliphatic carbocycles. The van der Waals surface area contributed by atoms with Gasteiger partial charge < -0.3 is 5.32 Å². The summed E-state index contributed by atoms with van der Waals surface area (Å²) in [5.74, 6) is 0. The quantitative estimate of drug-likeness (QED) is 0.487. The summed E-state index contributed by atoms with van der Waals surface area (Å²) in [5, 5.41) is 7.01. The Morgan fingerprint density at radius 3 is 1.73 bits per heavy atom. The summed E-state index contributed by atoms with van der Waals surface area (Å²) in [5.41, 5.74) is 0.746. The van der Waals surface area contributed by atoms with Crippen LogP contribution in [0.3, 0.4) is 0 Å². The average molecular weight is 445 g/mol. The van der Waals surface area contributed by atoms with E-state index in [4.69, 9.17) is 0 Å². The molecule has 4 fully saturated rings. The third-order valence-corrected chi connectivity index (χ3v) is 7.30. The molecule has 6 nitrogen and oxygen atoms in total. The Morgan fingerprint density at radius 1 is 0.767 bits per heavy atom. The lowest BCUT2D eigenvalue weighted by Crippen LogP contribution is -2.57. The summed E-state index contributed by atoms with van der Waals surface area (Å²) in [6, 6.07) is 1.38. The second-order valence-electron chi connectivity index (χ2n) is 9.20. The number of likely N-dealkylation sites (tertiary alicyclic amines) is 2. The van der Waals surface area contributed by atoms with E-state index in [1.165, 1.54) is 51.9 Å². The normalized spacial score (nSPS) is 31.8. The van der Waals surface area contributed by atoms with Gasteiger partial charge in [-0.05, 0) is 66.5 Å². The van der Waals surface area contributed by atoms with Crippen LogP contribution in [0, 0.1) is 0 Å². The molecule has 180 valence electrons. The first-order valence-corrected chi connectivity index (χ1v) is 13.4. The van der Waals surface area contributed by atoms with Gasteiger partial charge in [0.15, 0.2) is 0 Å². The van der Waals surface area contributed by atoms with Crippen molar-refractivity contribution in [2.24, 2.45) is 0 Å². The number of hydrogen-bond donors (Lipinski definition) is 4. The van der Waals surface area contributed by atoms with E-state index in [9.17, 15) is 0 Å². The van der Waals surface area contributed by atoms with E-state index in [2.05, 4.69) is 57.6 Å². The van der Waals surface area contributed by atoms with E-state index >= 15 is 0 Å². The van der Waals surface area contributed by atoms with Crippen molar-refractivity contribution in [3.05, 3.63) is 0 Å². The van der Waals surface area contributed by atoms with Crippen LogP contribution in [-0.4, -0.2) is 78.9 Å². The summed E-state index contributed by atoms with van der Waals surface area (Å²) >= 11 is 1.67. The molecule has 0 aromatic heterocycles. The molecule has 4 rings (SSSR count). The molecule has 0 bridgehead atoms. The van der Waals surface area contributed by atoms with Crippen LogP contribution in [0.4, 0.5) is 0 Å². The maximum absolute atomic E-state index is 3.60. The fourth-order valence-electron chi connectivity index (χ4n) is 4.70. The van der Waals surface area contributed by atoms with Crippen molar-refractivity contribution in [1.82, 2.24) is 29.9 Å². The van der Waals surface area contributed by atoms with E-state index in [0.29, 0.717) is 23.2 Å². The predicted octanol–water partition coefficient (Wildman–Crippen LogP) is 3.42. The van der Waals surface area contributed by atoms with Gasteiger partial charge in [-0.2, -0.15) is 0 Å². The molecule has 2 unspecified atom stereocenters. The van der Waals surface area contributed by atoms with Gasteiger partial charge in [0.25, 0.3) is 0 Å². The van der Waals surface area contributed by atoms with Crippen LogP contribution < -0.4 is 20.1 Å². The van der Waals surface area contributed by atoms with Crippen molar-refractivity contribution < 1.29 is 0 Å². The first kappa shape index (κ1) is 28.1. The van der Waals surface area contributed by atoms with Gasteiger partial charge in [0.1, 0.15) is 0 Å². The molecule has 4 saturated heterocycles. The molecule has 7 heteroatoms. The van der Waals surface area contributed by atoms with Crippen LogP contribution in [0.25, 0.3) is 0 Å². The van der Waals surface area contributed by atoms with E-state index in [-0.39, 0.29) is 0 Å². The molecule has 4 heterocycles. The maximum atomic E-state index is 3.60. The van der Waals surface area contributed by atoms with E-state index in [1.807, 2.05) is 27.7 Å². The van der Waals surface area contributed by atoms with Crippen molar-refractivity contribution in [3.63, 3.8) is 0 Å². The van der Waals surface area contributed by atoms with Gasteiger partial charge in [0.2, 0.25) is 0 Å². The highest BCUT2D eigenvalue weighted by Crippen LogP contribution is 2.27. The summed E-state index contributed by atoms with van der Waals surface area (Å²) in [7, 11) is 0. The van der Waals surface area contributed by atoms with E-state index < -0.39 is 0 Å². The van der Waals surface area contributed by atoms with Gasteiger partial charge in [0.05, 0.1) is 5.54 Å². The predicted molar refractivity (Wildman–Crippen MR) is 135 cm³/mol. The van der Waals surface area contributed by atoms with Crippen molar-refractivity contribution in [1.29, 1.82) is 0 Å². The molecule has 4 aliphatic heterocycles. The Hall–Kier alpha value is 0.110. The van der Waals surface area contributed by atoms with Gasteiger partial charge >= 0.3 is 0 Å². The molecular weight excluding hydrogens is 392 g/mol. The average Bonchev–Trinajstić information content (AvgIpc) is 3.41.